The minimum atomic E-state index is -0.943. The van der Waals surface area contributed by atoms with E-state index in [0.29, 0.717) is 17.3 Å². The van der Waals surface area contributed by atoms with Crippen LogP contribution in [-0.4, -0.2) is 22.8 Å². The van der Waals surface area contributed by atoms with Gasteiger partial charge in [0.15, 0.2) is 0 Å². The first-order chi connectivity index (χ1) is 9.11. The van der Waals surface area contributed by atoms with Gasteiger partial charge in [-0.15, -0.1) is 0 Å². The molecule has 0 aliphatic carbocycles. The first-order valence-corrected chi connectivity index (χ1v) is 6.14. The summed E-state index contributed by atoms with van der Waals surface area (Å²) in [6.45, 7) is 0.853. The van der Waals surface area contributed by atoms with Crippen LogP contribution in [-0.2, 0) is 17.9 Å². The molecule has 5 heteroatoms. The van der Waals surface area contributed by atoms with Crippen molar-refractivity contribution in [3.8, 4) is 0 Å². The van der Waals surface area contributed by atoms with Crippen molar-refractivity contribution < 1.29 is 14.6 Å². The average Bonchev–Trinajstić information content (AvgIpc) is 2.76. The van der Waals surface area contributed by atoms with Gasteiger partial charge in [0.05, 0.1) is 17.9 Å². The monoisotopic (exact) mass is 279 g/mol. The van der Waals surface area contributed by atoms with E-state index in [-0.39, 0.29) is 12.2 Å². The normalized spacial score (nSPS) is 10.6. The fraction of sp³-hybridized carbons (Fsp3) is 0.214. The van der Waals surface area contributed by atoms with Crippen molar-refractivity contribution >= 4 is 17.6 Å². The molecule has 0 saturated carbocycles. The fourth-order valence-corrected chi connectivity index (χ4v) is 2.06. The lowest BCUT2D eigenvalue weighted by Crippen LogP contribution is -2.08. The summed E-state index contributed by atoms with van der Waals surface area (Å²) in [6, 6.07) is 9.05. The van der Waals surface area contributed by atoms with E-state index in [0.717, 1.165) is 5.56 Å². The Morgan fingerprint density at radius 2 is 2.00 bits per heavy atom. The summed E-state index contributed by atoms with van der Waals surface area (Å²) in [6.07, 6.45) is 1.76. The molecular weight excluding hydrogens is 266 g/mol. The Morgan fingerprint density at radius 3 is 2.58 bits per heavy atom. The van der Waals surface area contributed by atoms with Crippen LogP contribution in [0.3, 0.4) is 0 Å². The van der Waals surface area contributed by atoms with Gasteiger partial charge in [-0.2, -0.15) is 0 Å². The van der Waals surface area contributed by atoms with E-state index in [1.54, 1.807) is 19.4 Å². The summed E-state index contributed by atoms with van der Waals surface area (Å²) < 4.78 is 6.94. The highest BCUT2D eigenvalue weighted by atomic mass is 35.5. The Kier molecular flexibility index (Phi) is 4.24. The predicted octanol–water partition coefficient (Wildman–Crippen LogP) is 3.03. The Labute approximate surface area is 116 Å². The van der Waals surface area contributed by atoms with E-state index in [1.807, 2.05) is 28.8 Å². The number of ether oxygens (including phenoxy) is 1. The van der Waals surface area contributed by atoms with Gasteiger partial charge in [0, 0.05) is 24.9 Å². The Morgan fingerprint density at radius 1 is 1.32 bits per heavy atom. The molecule has 1 aromatic carbocycles. The molecule has 1 N–H and O–H groups in total. The summed E-state index contributed by atoms with van der Waals surface area (Å²) >= 11 is 5.84. The van der Waals surface area contributed by atoms with Gasteiger partial charge in [-0.1, -0.05) is 23.7 Å². The van der Waals surface area contributed by atoms with Gasteiger partial charge in [-0.05, 0) is 23.8 Å². The molecule has 100 valence electrons. The van der Waals surface area contributed by atoms with Crippen molar-refractivity contribution in [3.05, 3.63) is 58.4 Å². The van der Waals surface area contributed by atoms with Crippen LogP contribution in [0.15, 0.2) is 36.5 Å². The van der Waals surface area contributed by atoms with E-state index in [4.69, 9.17) is 21.4 Å². The lowest BCUT2D eigenvalue weighted by Gasteiger charge is -2.10. The number of nitrogens with zero attached hydrogens (tertiary/aromatic N) is 1. The largest absolute Gasteiger partial charge is 0.478 e. The van der Waals surface area contributed by atoms with E-state index >= 15 is 0 Å². The number of hydrogen-bond acceptors (Lipinski definition) is 2. The number of rotatable bonds is 5. The van der Waals surface area contributed by atoms with Crippen LogP contribution in [0, 0.1) is 0 Å². The number of carbonyl (C=O) groups is 1. The van der Waals surface area contributed by atoms with Crippen LogP contribution in [0.25, 0.3) is 0 Å². The van der Waals surface area contributed by atoms with Gasteiger partial charge in [0.1, 0.15) is 0 Å². The maximum atomic E-state index is 11.1. The molecule has 1 heterocycles. The molecule has 2 rings (SSSR count). The van der Waals surface area contributed by atoms with Crippen LogP contribution in [0.2, 0.25) is 5.02 Å². The second-order valence-corrected chi connectivity index (χ2v) is 4.61. The highest BCUT2D eigenvalue weighted by Crippen LogP contribution is 2.16. The van der Waals surface area contributed by atoms with Crippen molar-refractivity contribution in [1.82, 2.24) is 4.57 Å². The molecule has 1 aromatic heterocycles. The zero-order valence-corrected chi connectivity index (χ0v) is 11.2. The molecule has 2 aromatic rings. The second kappa shape index (κ2) is 5.91. The molecule has 0 spiro atoms. The van der Waals surface area contributed by atoms with Gasteiger partial charge in [0.2, 0.25) is 0 Å². The highest BCUT2D eigenvalue weighted by molar-refractivity contribution is 6.30. The molecule has 19 heavy (non-hydrogen) atoms. The van der Waals surface area contributed by atoms with Crippen LogP contribution < -0.4 is 0 Å². The minimum absolute atomic E-state index is 0.266. The Balaban J connectivity index is 2.29. The maximum absolute atomic E-state index is 11.1. The quantitative estimate of drug-likeness (QED) is 0.915. The number of methoxy groups -OCH3 is 1. The van der Waals surface area contributed by atoms with Gasteiger partial charge in [0.25, 0.3) is 0 Å². The molecule has 0 aliphatic heterocycles. The summed E-state index contributed by atoms with van der Waals surface area (Å²) in [5.74, 6) is -0.943. The van der Waals surface area contributed by atoms with Crippen molar-refractivity contribution in [3.63, 3.8) is 0 Å². The van der Waals surface area contributed by atoms with Crippen molar-refractivity contribution in [1.29, 1.82) is 0 Å². The number of benzene rings is 1. The van der Waals surface area contributed by atoms with Crippen LogP contribution in [0.1, 0.15) is 21.6 Å². The summed E-state index contributed by atoms with van der Waals surface area (Å²) in [7, 11) is 1.55. The molecule has 0 radical (unpaired) electrons. The maximum Gasteiger partial charge on any atom is 0.337 e. The topological polar surface area (TPSA) is 51.5 Å². The van der Waals surface area contributed by atoms with Gasteiger partial charge in [-0.3, -0.25) is 0 Å². The summed E-state index contributed by atoms with van der Waals surface area (Å²) in [5, 5.41) is 9.80. The van der Waals surface area contributed by atoms with E-state index in [1.165, 1.54) is 0 Å². The Bertz CT molecular complexity index is 575. The molecule has 0 saturated heterocycles. The standard InChI is InChI=1S/C14H14ClNO3/c1-19-9-13-12(14(17)18)6-7-16(13)8-10-2-4-11(15)5-3-10/h2-7H,8-9H2,1H3,(H,17,18). The van der Waals surface area contributed by atoms with Gasteiger partial charge >= 0.3 is 5.97 Å². The van der Waals surface area contributed by atoms with E-state index < -0.39 is 5.97 Å². The van der Waals surface area contributed by atoms with Crippen molar-refractivity contribution in [2.75, 3.05) is 7.11 Å². The number of hydrogen-bond donors (Lipinski definition) is 1. The molecule has 4 nitrogen and oxygen atoms in total. The third kappa shape index (κ3) is 3.16. The third-order valence-corrected chi connectivity index (χ3v) is 3.11. The number of aromatic carboxylic acids is 1. The summed E-state index contributed by atoms with van der Waals surface area (Å²) in [4.78, 5) is 11.1. The SMILES string of the molecule is COCc1c(C(=O)O)ccn1Cc1ccc(Cl)cc1. The molecule has 0 fully saturated rings. The number of halogens is 1. The number of carboxylic acids is 1. The average molecular weight is 280 g/mol. The molecule has 0 bridgehead atoms. The lowest BCUT2D eigenvalue weighted by atomic mass is 10.2. The zero-order chi connectivity index (χ0) is 13.8. The summed E-state index contributed by atoms with van der Waals surface area (Å²) in [5.41, 5.74) is 1.98. The Hall–Kier alpha value is -1.78. The molecule has 0 amide bonds. The lowest BCUT2D eigenvalue weighted by molar-refractivity contribution is 0.0691. The first kappa shape index (κ1) is 13.6. The number of aromatic nitrogens is 1. The van der Waals surface area contributed by atoms with Crippen molar-refractivity contribution in [2.24, 2.45) is 0 Å². The molecule has 0 unspecified atom stereocenters. The van der Waals surface area contributed by atoms with E-state index in [2.05, 4.69) is 0 Å². The third-order valence-electron chi connectivity index (χ3n) is 2.86. The van der Waals surface area contributed by atoms with Crippen LogP contribution in [0.5, 0.6) is 0 Å². The zero-order valence-electron chi connectivity index (χ0n) is 10.5. The molecular formula is C14H14ClNO3. The smallest absolute Gasteiger partial charge is 0.337 e. The molecule has 0 atom stereocenters. The van der Waals surface area contributed by atoms with Crippen LogP contribution in [0.4, 0.5) is 0 Å². The minimum Gasteiger partial charge on any atom is -0.478 e. The van der Waals surface area contributed by atoms with Gasteiger partial charge < -0.3 is 14.4 Å². The first-order valence-electron chi connectivity index (χ1n) is 5.76. The van der Waals surface area contributed by atoms with Gasteiger partial charge in [-0.25, -0.2) is 4.79 Å². The number of carboxylic acid groups (broad SMARTS) is 1. The fourth-order valence-electron chi connectivity index (χ4n) is 1.93. The van der Waals surface area contributed by atoms with Crippen molar-refractivity contribution in [2.45, 2.75) is 13.2 Å². The predicted molar refractivity (Wildman–Crippen MR) is 72.7 cm³/mol. The van der Waals surface area contributed by atoms with Crippen LogP contribution >= 0.6 is 11.6 Å². The molecule has 0 aliphatic rings. The van der Waals surface area contributed by atoms with E-state index in [9.17, 15) is 4.79 Å². The highest BCUT2D eigenvalue weighted by Gasteiger charge is 2.14. The second-order valence-electron chi connectivity index (χ2n) is 4.17.